The second kappa shape index (κ2) is 9.17. The van der Waals surface area contributed by atoms with Crippen molar-refractivity contribution in [1.29, 1.82) is 0 Å². The molecule has 0 saturated carbocycles. The van der Waals surface area contributed by atoms with E-state index in [1.165, 1.54) is 24.3 Å². The maximum atomic E-state index is 12.2. The van der Waals surface area contributed by atoms with Gasteiger partial charge in [-0.25, -0.2) is 9.48 Å². The molecule has 0 aliphatic heterocycles. The van der Waals surface area contributed by atoms with E-state index in [9.17, 15) is 19.7 Å². The van der Waals surface area contributed by atoms with E-state index in [2.05, 4.69) is 5.10 Å². The molecule has 0 aliphatic carbocycles. The Hall–Kier alpha value is -4.07. The Balaban J connectivity index is 1.67. The molecule has 0 radical (unpaired) electrons. The van der Waals surface area contributed by atoms with E-state index in [0.717, 1.165) is 22.6 Å². The van der Waals surface area contributed by atoms with Crippen LogP contribution in [-0.4, -0.2) is 33.1 Å². The van der Waals surface area contributed by atoms with Crippen LogP contribution in [0.5, 0.6) is 0 Å². The molecule has 0 bridgehead atoms. The number of ether oxygens (including phenoxy) is 1. The maximum absolute atomic E-state index is 12.2. The van der Waals surface area contributed by atoms with Crippen LogP contribution < -0.4 is 0 Å². The van der Waals surface area contributed by atoms with Crippen LogP contribution in [0.2, 0.25) is 0 Å². The van der Waals surface area contributed by atoms with E-state index in [-0.39, 0.29) is 11.3 Å². The van der Waals surface area contributed by atoms with E-state index in [1.807, 2.05) is 44.2 Å². The molecule has 1 aromatic heterocycles. The molecule has 0 aliphatic rings. The molecule has 0 amide bonds. The number of para-hydroxylation sites is 1. The SMILES string of the molecule is Cc1ccc(C(=O)COC(=O)/C=C/c2c(C)nn(-c3ccccc3)c2C)cc1[N+](=O)[O-]. The summed E-state index contributed by atoms with van der Waals surface area (Å²) in [6.45, 7) is 4.81. The molecule has 0 saturated heterocycles. The highest BCUT2D eigenvalue weighted by Gasteiger charge is 2.16. The summed E-state index contributed by atoms with van der Waals surface area (Å²) >= 11 is 0. The minimum Gasteiger partial charge on any atom is -0.454 e. The number of Topliss-reactive ketones (excluding diaryl/α,β-unsaturated/α-hetero) is 1. The molecule has 0 atom stereocenters. The lowest BCUT2D eigenvalue weighted by Gasteiger charge is -2.04. The first-order valence-corrected chi connectivity index (χ1v) is 9.52. The fraction of sp³-hybridized carbons (Fsp3) is 0.174. The number of hydrogen-bond donors (Lipinski definition) is 0. The van der Waals surface area contributed by atoms with Gasteiger partial charge in [-0.05, 0) is 39.0 Å². The number of nitro benzene ring substituents is 1. The zero-order valence-electron chi connectivity index (χ0n) is 17.4. The highest BCUT2D eigenvalue weighted by molar-refractivity contribution is 5.99. The van der Waals surface area contributed by atoms with Gasteiger partial charge in [0.2, 0.25) is 5.78 Å². The monoisotopic (exact) mass is 419 g/mol. The van der Waals surface area contributed by atoms with Gasteiger partial charge in [-0.3, -0.25) is 14.9 Å². The maximum Gasteiger partial charge on any atom is 0.331 e. The molecular formula is C23H21N3O5. The molecule has 0 fully saturated rings. The van der Waals surface area contributed by atoms with Crippen LogP contribution in [0.15, 0.2) is 54.6 Å². The first-order valence-electron chi connectivity index (χ1n) is 9.52. The van der Waals surface area contributed by atoms with Crippen molar-refractivity contribution in [2.45, 2.75) is 20.8 Å². The standard InChI is InChI=1S/C23H21N3O5/c1-15-9-10-18(13-21(15)26(29)30)22(27)14-31-23(28)12-11-20-16(2)24-25(17(20)3)19-7-5-4-6-8-19/h4-13H,14H2,1-3H3/b12-11+. The van der Waals surface area contributed by atoms with Gasteiger partial charge in [0.1, 0.15) is 0 Å². The number of ketones is 1. The number of benzene rings is 2. The van der Waals surface area contributed by atoms with Crippen molar-refractivity contribution in [3.05, 3.63) is 92.8 Å². The summed E-state index contributed by atoms with van der Waals surface area (Å²) in [5.74, 6) is -1.21. The molecule has 2 aromatic carbocycles. The van der Waals surface area contributed by atoms with E-state index in [4.69, 9.17) is 4.74 Å². The summed E-state index contributed by atoms with van der Waals surface area (Å²) in [6, 6.07) is 13.8. The average Bonchev–Trinajstić information content (AvgIpc) is 3.04. The summed E-state index contributed by atoms with van der Waals surface area (Å²) in [5, 5.41) is 15.5. The van der Waals surface area contributed by atoms with Crippen LogP contribution in [-0.2, 0) is 9.53 Å². The number of rotatable bonds is 7. The summed E-state index contributed by atoms with van der Waals surface area (Å²) < 4.78 is 6.80. The number of carbonyl (C=O) groups is 2. The van der Waals surface area contributed by atoms with Gasteiger partial charge < -0.3 is 4.74 Å². The fourth-order valence-electron chi connectivity index (χ4n) is 3.12. The third kappa shape index (κ3) is 4.92. The minimum absolute atomic E-state index is 0.116. The third-order valence-corrected chi connectivity index (χ3v) is 4.81. The van der Waals surface area contributed by atoms with Gasteiger partial charge >= 0.3 is 5.97 Å². The van der Waals surface area contributed by atoms with Crippen LogP contribution in [0.1, 0.15) is 32.9 Å². The van der Waals surface area contributed by atoms with E-state index in [0.29, 0.717) is 5.56 Å². The van der Waals surface area contributed by atoms with Crippen molar-refractivity contribution in [2.75, 3.05) is 6.61 Å². The van der Waals surface area contributed by atoms with Gasteiger partial charge in [0.15, 0.2) is 6.61 Å². The lowest BCUT2D eigenvalue weighted by molar-refractivity contribution is -0.385. The van der Waals surface area contributed by atoms with Crippen LogP contribution >= 0.6 is 0 Å². The smallest absolute Gasteiger partial charge is 0.331 e. The Morgan fingerprint density at radius 1 is 1.13 bits per heavy atom. The molecule has 3 aromatic rings. The second-order valence-corrected chi connectivity index (χ2v) is 6.95. The normalized spacial score (nSPS) is 10.9. The molecular weight excluding hydrogens is 398 g/mol. The van der Waals surface area contributed by atoms with Crippen molar-refractivity contribution < 1.29 is 19.2 Å². The number of esters is 1. The quantitative estimate of drug-likeness (QED) is 0.187. The van der Waals surface area contributed by atoms with Gasteiger partial charge in [-0.15, -0.1) is 0 Å². The molecule has 1 heterocycles. The summed E-state index contributed by atoms with van der Waals surface area (Å²) in [7, 11) is 0. The Bertz CT molecular complexity index is 1180. The van der Waals surface area contributed by atoms with Gasteiger partial charge in [0.05, 0.1) is 16.3 Å². The molecule has 3 rings (SSSR count). The number of aromatic nitrogens is 2. The van der Waals surface area contributed by atoms with Crippen LogP contribution in [0.25, 0.3) is 11.8 Å². The van der Waals surface area contributed by atoms with Crippen LogP contribution in [0, 0.1) is 30.9 Å². The first kappa shape index (κ1) is 21.6. The van der Waals surface area contributed by atoms with Gasteiger partial charge in [-0.1, -0.05) is 30.3 Å². The first-order chi connectivity index (χ1) is 14.8. The largest absolute Gasteiger partial charge is 0.454 e. The van der Waals surface area contributed by atoms with Gasteiger partial charge in [0, 0.05) is 34.5 Å². The van der Waals surface area contributed by atoms with Crippen LogP contribution in [0.3, 0.4) is 0 Å². The average molecular weight is 419 g/mol. The van der Waals surface area contributed by atoms with E-state index >= 15 is 0 Å². The fourth-order valence-corrected chi connectivity index (χ4v) is 3.12. The highest BCUT2D eigenvalue weighted by Crippen LogP contribution is 2.20. The van der Waals surface area contributed by atoms with Crippen LogP contribution in [0.4, 0.5) is 5.69 Å². The molecule has 31 heavy (non-hydrogen) atoms. The number of nitro groups is 1. The zero-order valence-corrected chi connectivity index (χ0v) is 17.4. The third-order valence-electron chi connectivity index (χ3n) is 4.81. The molecule has 0 spiro atoms. The lowest BCUT2D eigenvalue weighted by Crippen LogP contribution is -2.13. The Morgan fingerprint density at radius 2 is 1.84 bits per heavy atom. The number of hydrogen-bond acceptors (Lipinski definition) is 6. The highest BCUT2D eigenvalue weighted by atomic mass is 16.6. The van der Waals surface area contributed by atoms with E-state index < -0.39 is 23.3 Å². The summed E-state index contributed by atoms with van der Waals surface area (Å²) in [6.07, 6.45) is 2.83. The molecule has 8 heteroatoms. The second-order valence-electron chi connectivity index (χ2n) is 6.95. The van der Waals surface area contributed by atoms with Crippen molar-refractivity contribution in [3.8, 4) is 5.69 Å². The number of aryl methyl sites for hydroxylation is 2. The Kier molecular flexibility index (Phi) is 6.40. The predicted octanol–water partition coefficient (Wildman–Crippen LogP) is 4.15. The molecule has 0 unspecified atom stereocenters. The van der Waals surface area contributed by atoms with Gasteiger partial charge in [0.25, 0.3) is 5.69 Å². The Morgan fingerprint density at radius 3 is 2.52 bits per heavy atom. The number of nitrogens with zero attached hydrogens (tertiary/aromatic N) is 3. The topological polar surface area (TPSA) is 104 Å². The van der Waals surface area contributed by atoms with Gasteiger partial charge in [-0.2, -0.15) is 5.10 Å². The lowest BCUT2D eigenvalue weighted by atomic mass is 10.1. The van der Waals surface area contributed by atoms with Crippen molar-refractivity contribution >= 4 is 23.5 Å². The van der Waals surface area contributed by atoms with Crippen molar-refractivity contribution in [1.82, 2.24) is 9.78 Å². The van der Waals surface area contributed by atoms with Crippen molar-refractivity contribution in [3.63, 3.8) is 0 Å². The van der Waals surface area contributed by atoms with E-state index in [1.54, 1.807) is 17.7 Å². The summed E-state index contributed by atoms with van der Waals surface area (Å²) in [4.78, 5) is 34.8. The minimum atomic E-state index is -0.693. The summed E-state index contributed by atoms with van der Waals surface area (Å²) in [5.41, 5.74) is 3.69. The number of carbonyl (C=O) groups excluding carboxylic acids is 2. The van der Waals surface area contributed by atoms with Crippen molar-refractivity contribution in [2.24, 2.45) is 0 Å². The molecule has 8 nitrogen and oxygen atoms in total. The molecule has 158 valence electrons. The molecule has 0 N–H and O–H groups in total. The zero-order chi connectivity index (χ0) is 22.5. The predicted molar refractivity (Wildman–Crippen MR) is 115 cm³/mol. The Labute approximate surface area is 178 Å².